The Morgan fingerprint density at radius 1 is 1.50 bits per heavy atom. The Balaban J connectivity index is 3.10. The van der Waals surface area contributed by atoms with E-state index < -0.39 is 24.0 Å². The van der Waals surface area contributed by atoms with Gasteiger partial charge in [-0.1, -0.05) is 0 Å². The smallest absolute Gasteiger partial charge is 0.300 e. The summed E-state index contributed by atoms with van der Waals surface area (Å²) in [5.41, 5.74) is -0.882. The molecular formula is C7H6F3NO. The molecule has 12 heavy (non-hydrogen) atoms. The average Bonchev–Trinajstić information content (AvgIpc) is 2.05. The van der Waals surface area contributed by atoms with Crippen LogP contribution >= 0.6 is 0 Å². The molecule has 0 saturated carbocycles. The van der Waals surface area contributed by atoms with Gasteiger partial charge in [-0.2, -0.15) is 13.2 Å². The quantitative estimate of drug-likeness (QED) is 0.691. The van der Waals surface area contributed by atoms with Crippen molar-refractivity contribution in [1.29, 1.82) is 0 Å². The predicted molar refractivity (Wildman–Crippen MR) is 35.2 cm³/mol. The number of aromatic nitrogens is 1. The number of pyridine rings is 1. The number of rotatable bonds is 2. The molecule has 0 aromatic carbocycles. The predicted octanol–water partition coefficient (Wildman–Crippen LogP) is 1.30. The molecule has 0 bridgehead atoms. The van der Waals surface area contributed by atoms with Gasteiger partial charge in [0.1, 0.15) is 6.61 Å². The molecule has 0 aliphatic rings. The molecule has 5 heteroatoms. The van der Waals surface area contributed by atoms with Crippen molar-refractivity contribution >= 4 is 0 Å². The van der Waals surface area contributed by atoms with Gasteiger partial charge in [-0.25, -0.2) is 4.98 Å². The minimum atomic E-state index is -3.56. The van der Waals surface area contributed by atoms with Crippen LogP contribution in [0.5, 0.6) is 0 Å². The number of aliphatic hydroxyl groups is 1. The Morgan fingerprint density at radius 3 is 2.67 bits per heavy atom. The van der Waals surface area contributed by atoms with Gasteiger partial charge < -0.3 is 5.11 Å². The fourth-order valence-electron chi connectivity index (χ4n) is 0.744. The zero-order chi connectivity index (χ0) is 9.19. The molecule has 1 N–H and O–H groups in total. The molecule has 0 atom stereocenters. The highest BCUT2D eigenvalue weighted by atomic mass is 19.3. The second-order valence-electron chi connectivity index (χ2n) is 2.20. The van der Waals surface area contributed by atoms with E-state index in [1.165, 1.54) is 6.07 Å². The van der Waals surface area contributed by atoms with Gasteiger partial charge in [0.2, 0.25) is 5.95 Å². The third kappa shape index (κ3) is 1.55. The summed E-state index contributed by atoms with van der Waals surface area (Å²) in [5.74, 6) is -4.81. The number of hydrogen-bond donors (Lipinski definition) is 1. The first-order chi connectivity index (χ1) is 5.58. The van der Waals surface area contributed by atoms with Gasteiger partial charge in [0, 0.05) is 6.20 Å². The summed E-state index contributed by atoms with van der Waals surface area (Å²) in [6, 6.07) is 2.07. The third-order valence-electron chi connectivity index (χ3n) is 1.35. The minimum Gasteiger partial charge on any atom is -0.390 e. The summed E-state index contributed by atoms with van der Waals surface area (Å²) in [5, 5.41) is 8.23. The highest BCUT2D eigenvalue weighted by molar-refractivity contribution is 5.16. The molecule has 0 saturated heterocycles. The van der Waals surface area contributed by atoms with E-state index in [4.69, 9.17) is 5.11 Å². The standard InChI is InChI=1S/C7H6F3NO/c8-6-5(2-1-3-11-6)7(9,10)4-12/h1-3,12H,4H2. The van der Waals surface area contributed by atoms with Crippen LogP contribution in [0.3, 0.4) is 0 Å². The third-order valence-corrected chi connectivity index (χ3v) is 1.35. The summed E-state index contributed by atoms with van der Waals surface area (Å²) in [6.07, 6.45) is 1.06. The monoisotopic (exact) mass is 177 g/mol. The Labute approximate surface area is 66.7 Å². The zero-order valence-electron chi connectivity index (χ0n) is 5.97. The van der Waals surface area contributed by atoms with E-state index in [1.807, 2.05) is 0 Å². The molecular weight excluding hydrogens is 171 g/mol. The van der Waals surface area contributed by atoms with E-state index in [2.05, 4.69) is 4.98 Å². The lowest BCUT2D eigenvalue weighted by Gasteiger charge is -2.12. The molecule has 66 valence electrons. The van der Waals surface area contributed by atoms with Gasteiger partial charge in [0.05, 0.1) is 5.56 Å². The fourth-order valence-corrected chi connectivity index (χ4v) is 0.744. The fraction of sp³-hybridized carbons (Fsp3) is 0.286. The van der Waals surface area contributed by atoms with Gasteiger partial charge in [0.25, 0.3) is 5.92 Å². The molecule has 1 aromatic heterocycles. The summed E-state index contributed by atoms with van der Waals surface area (Å²) >= 11 is 0. The molecule has 0 aliphatic heterocycles. The Kier molecular flexibility index (Phi) is 2.32. The first-order valence-electron chi connectivity index (χ1n) is 3.17. The summed E-state index contributed by atoms with van der Waals surface area (Å²) < 4.78 is 37.8. The van der Waals surface area contributed by atoms with Crippen LogP contribution in [-0.4, -0.2) is 16.7 Å². The number of alkyl halides is 2. The lowest BCUT2D eigenvalue weighted by molar-refractivity contribution is -0.0588. The maximum Gasteiger partial charge on any atom is 0.300 e. The van der Waals surface area contributed by atoms with Gasteiger partial charge in [-0.3, -0.25) is 0 Å². The van der Waals surface area contributed by atoms with Gasteiger partial charge in [-0.05, 0) is 12.1 Å². The van der Waals surface area contributed by atoms with Crippen molar-refractivity contribution in [3.8, 4) is 0 Å². The molecule has 1 heterocycles. The maximum absolute atomic E-state index is 12.6. The molecule has 0 fully saturated rings. The Bertz CT molecular complexity index is 277. The Morgan fingerprint density at radius 2 is 2.17 bits per heavy atom. The van der Waals surface area contributed by atoms with Crippen molar-refractivity contribution in [3.05, 3.63) is 29.8 Å². The van der Waals surface area contributed by atoms with E-state index >= 15 is 0 Å². The van der Waals surface area contributed by atoms with E-state index in [9.17, 15) is 13.2 Å². The van der Waals surface area contributed by atoms with Crippen molar-refractivity contribution in [3.63, 3.8) is 0 Å². The molecule has 1 aromatic rings. The second kappa shape index (κ2) is 3.10. The molecule has 0 radical (unpaired) electrons. The molecule has 0 spiro atoms. The lowest BCUT2D eigenvalue weighted by Crippen LogP contribution is -2.20. The van der Waals surface area contributed by atoms with Crippen LogP contribution in [0, 0.1) is 5.95 Å². The SMILES string of the molecule is OCC(F)(F)c1cccnc1F. The highest BCUT2D eigenvalue weighted by Crippen LogP contribution is 2.27. The molecule has 0 aliphatic carbocycles. The van der Waals surface area contributed by atoms with E-state index in [0.29, 0.717) is 0 Å². The molecule has 1 rings (SSSR count). The van der Waals surface area contributed by atoms with Crippen LogP contribution in [0.25, 0.3) is 0 Å². The molecule has 0 amide bonds. The van der Waals surface area contributed by atoms with Crippen molar-refractivity contribution in [2.45, 2.75) is 5.92 Å². The molecule has 2 nitrogen and oxygen atoms in total. The molecule has 0 unspecified atom stereocenters. The van der Waals surface area contributed by atoms with Gasteiger partial charge >= 0.3 is 0 Å². The summed E-state index contributed by atoms with van der Waals surface area (Å²) in [6.45, 7) is -1.42. The number of halogens is 3. The zero-order valence-corrected chi connectivity index (χ0v) is 5.97. The highest BCUT2D eigenvalue weighted by Gasteiger charge is 2.33. The number of nitrogens with zero attached hydrogens (tertiary/aromatic N) is 1. The Hall–Kier alpha value is -1.10. The van der Waals surface area contributed by atoms with Crippen LogP contribution in [0.4, 0.5) is 13.2 Å². The first-order valence-corrected chi connectivity index (χ1v) is 3.17. The first kappa shape index (κ1) is 8.99. The second-order valence-corrected chi connectivity index (χ2v) is 2.20. The van der Waals surface area contributed by atoms with Crippen molar-refractivity contribution < 1.29 is 18.3 Å². The van der Waals surface area contributed by atoms with Gasteiger partial charge in [-0.15, -0.1) is 0 Å². The van der Waals surface area contributed by atoms with Gasteiger partial charge in [0.15, 0.2) is 0 Å². The van der Waals surface area contributed by atoms with Crippen molar-refractivity contribution in [2.75, 3.05) is 6.61 Å². The largest absolute Gasteiger partial charge is 0.390 e. The van der Waals surface area contributed by atoms with Crippen LogP contribution in [0.1, 0.15) is 5.56 Å². The minimum absolute atomic E-state index is 0.882. The van der Waals surface area contributed by atoms with Crippen LogP contribution in [0.2, 0.25) is 0 Å². The lowest BCUT2D eigenvalue weighted by atomic mass is 10.1. The normalized spacial score (nSPS) is 11.7. The summed E-state index contributed by atoms with van der Waals surface area (Å²) in [4.78, 5) is 3.04. The maximum atomic E-state index is 12.6. The summed E-state index contributed by atoms with van der Waals surface area (Å²) in [7, 11) is 0. The van der Waals surface area contributed by atoms with E-state index in [0.717, 1.165) is 12.3 Å². The van der Waals surface area contributed by atoms with Crippen LogP contribution < -0.4 is 0 Å². The topological polar surface area (TPSA) is 33.1 Å². The van der Waals surface area contributed by atoms with E-state index in [1.54, 1.807) is 0 Å². The van der Waals surface area contributed by atoms with Crippen LogP contribution in [0.15, 0.2) is 18.3 Å². The average molecular weight is 177 g/mol. The van der Waals surface area contributed by atoms with Crippen LogP contribution in [-0.2, 0) is 5.92 Å². The van der Waals surface area contributed by atoms with Crippen molar-refractivity contribution in [2.24, 2.45) is 0 Å². The number of hydrogen-bond acceptors (Lipinski definition) is 2. The van der Waals surface area contributed by atoms with E-state index in [-0.39, 0.29) is 0 Å². The number of aliphatic hydroxyl groups excluding tert-OH is 1. The van der Waals surface area contributed by atoms with Crippen molar-refractivity contribution in [1.82, 2.24) is 4.98 Å².